The monoisotopic (exact) mass is 296 g/mol. The van der Waals surface area contributed by atoms with Crippen LogP contribution in [0, 0.1) is 11.3 Å². The maximum Gasteiger partial charge on any atom is 0.417 e. The molecule has 0 aromatic heterocycles. The number of benzene rings is 1. The lowest BCUT2D eigenvalue weighted by Gasteiger charge is -2.15. The molecule has 110 valence electrons. The molecule has 1 aliphatic rings. The highest BCUT2D eigenvalue weighted by atomic mass is 19.4. The topological polar surface area (TPSA) is 70.0 Å². The Hall–Kier alpha value is -2.36. The molecule has 1 aromatic rings. The Morgan fingerprint density at radius 3 is 2.33 bits per heavy atom. The van der Waals surface area contributed by atoms with Gasteiger partial charge in [-0.3, -0.25) is 9.59 Å². The summed E-state index contributed by atoms with van der Waals surface area (Å²) in [6, 6.07) is 4.33. The third kappa shape index (κ3) is 2.49. The van der Waals surface area contributed by atoms with E-state index in [4.69, 9.17) is 5.26 Å². The average molecular weight is 296 g/mol. The highest BCUT2D eigenvalue weighted by Gasteiger charge is 2.47. The van der Waals surface area contributed by atoms with Gasteiger partial charge in [-0.1, -0.05) is 6.07 Å². The lowest BCUT2D eigenvalue weighted by Crippen LogP contribution is -2.39. The molecule has 1 heterocycles. The zero-order valence-electron chi connectivity index (χ0n) is 11.2. The van der Waals surface area contributed by atoms with Crippen molar-refractivity contribution in [3.05, 3.63) is 34.9 Å². The van der Waals surface area contributed by atoms with Crippen LogP contribution in [-0.2, 0) is 15.8 Å². The second-order valence-electron chi connectivity index (χ2n) is 5.33. The number of nitrogens with one attached hydrogen (secondary N) is 1. The van der Waals surface area contributed by atoms with Gasteiger partial charge in [0.25, 0.3) is 0 Å². The molecule has 0 aliphatic carbocycles. The smallest absolute Gasteiger partial charge is 0.343 e. The van der Waals surface area contributed by atoms with Crippen LogP contribution in [0.2, 0.25) is 0 Å². The number of hydrogen-bond donors (Lipinski definition) is 1. The van der Waals surface area contributed by atoms with Gasteiger partial charge >= 0.3 is 6.18 Å². The molecule has 1 N–H and O–H groups in total. The molecule has 1 fully saturated rings. The van der Waals surface area contributed by atoms with E-state index in [1.165, 1.54) is 26.0 Å². The summed E-state index contributed by atoms with van der Waals surface area (Å²) in [5.74, 6) is -2.41. The zero-order chi connectivity index (χ0) is 16.0. The Kier molecular flexibility index (Phi) is 3.28. The van der Waals surface area contributed by atoms with Crippen LogP contribution in [0.25, 0.3) is 0 Å². The van der Waals surface area contributed by atoms with Gasteiger partial charge in [0.2, 0.25) is 5.91 Å². The number of amides is 1. The van der Waals surface area contributed by atoms with Gasteiger partial charge < -0.3 is 5.32 Å². The number of alkyl halides is 3. The number of rotatable bonds is 1. The first kappa shape index (κ1) is 15.0. The van der Waals surface area contributed by atoms with Crippen molar-refractivity contribution in [2.24, 2.45) is 0 Å². The summed E-state index contributed by atoms with van der Waals surface area (Å²) in [6.45, 7) is 2.98. The minimum Gasteiger partial charge on any atom is -0.343 e. The minimum absolute atomic E-state index is 0.0607. The third-order valence-corrected chi connectivity index (χ3v) is 3.38. The number of Topliss-reactive ketones (excluding diaryl/α,β-unsaturated/α-hetero) is 1. The molecule has 0 bridgehead atoms. The van der Waals surface area contributed by atoms with Gasteiger partial charge in [0.15, 0.2) is 5.78 Å². The van der Waals surface area contributed by atoms with E-state index in [0.29, 0.717) is 6.07 Å². The fraction of sp³-hybridized carbons (Fsp3) is 0.357. The third-order valence-electron chi connectivity index (χ3n) is 3.38. The molecule has 1 atom stereocenters. The molecule has 4 nitrogen and oxygen atoms in total. The highest BCUT2D eigenvalue weighted by Crippen LogP contribution is 2.36. The van der Waals surface area contributed by atoms with Crippen molar-refractivity contribution in [1.82, 2.24) is 5.32 Å². The second-order valence-corrected chi connectivity index (χ2v) is 5.33. The number of nitrogens with zero attached hydrogens (tertiary/aromatic N) is 1. The Bertz CT molecular complexity index is 672. The van der Waals surface area contributed by atoms with Crippen molar-refractivity contribution in [3.8, 4) is 6.07 Å². The summed E-state index contributed by atoms with van der Waals surface area (Å²) >= 11 is 0. The molecule has 2 rings (SSSR count). The number of halogens is 3. The van der Waals surface area contributed by atoms with E-state index in [0.717, 1.165) is 6.07 Å². The molecule has 1 aliphatic heterocycles. The molecule has 0 spiro atoms. The van der Waals surface area contributed by atoms with E-state index in [1.54, 1.807) is 0 Å². The number of hydrogen-bond acceptors (Lipinski definition) is 3. The lowest BCUT2D eigenvalue weighted by molar-refractivity contribution is -0.138. The van der Waals surface area contributed by atoms with Crippen LogP contribution in [0.5, 0.6) is 0 Å². The normalized spacial score (nSPS) is 21.0. The molecular formula is C14H11F3N2O2. The predicted octanol–water partition coefficient (Wildman–Crippen LogP) is 2.14. The Labute approximate surface area is 118 Å². The Morgan fingerprint density at radius 2 is 1.90 bits per heavy atom. The van der Waals surface area contributed by atoms with Crippen LogP contribution in [0.4, 0.5) is 13.2 Å². The molecule has 1 saturated heterocycles. The largest absolute Gasteiger partial charge is 0.417 e. The van der Waals surface area contributed by atoms with Gasteiger partial charge in [0.1, 0.15) is 5.92 Å². The number of ketones is 1. The van der Waals surface area contributed by atoms with E-state index in [-0.39, 0.29) is 5.56 Å². The quantitative estimate of drug-likeness (QED) is 0.807. The fourth-order valence-electron chi connectivity index (χ4n) is 2.30. The van der Waals surface area contributed by atoms with Gasteiger partial charge in [-0.05, 0) is 31.5 Å². The Morgan fingerprint density at radius 1 is 1.29 bits per heavy atom. The van der Waals surface area contributed by atoms with Gasteiger partial charge in [-0.25, -0.2) is 0 Å². The van der Waals surface area contributed by atoms with Crippen LogP contribution in [0.1, 0.15) is 36.5 Å². The van der Waals surface area contributed by atoms with Crippen LogP contribution in [-0.4, -0.2) is 17.2 Å². The number of carbonyl (C=O) groups is 2. The van der Waals surface area contributed by atoms with Crippen molar-refractivity contribution >= 4 is 11.7 Å². The maximum atomic E-state index is 12.9. The van der Waals surface area contributed by atoms with Crippen molar-refractivity contribution in [1.29, 1.82) is 5.26 Å². The van der Waals surface area contributed by atoms with Crippen molar-refractivity contribution < 1.29 is 22.8 Å². The van der Waals surface area contributed by atoms with Crippen LogP contribution in [0.3, 0.4) is 0 Å². The zero-order valence-corrected chi connectivity index (χ0v) is 11.2. The van der Waals surface area contributed by atoms with E-state index < -0.39 is 40.5 Å². The summed E-state index contributed by atoms with van der Waals surface area (Å²) in [6.07, 6.45) is -4.73. The summed E-state index contributed by atoms with van der Waals surface area (Å²) in [7, 11) is 0. The number of nitriles is 1. The minimum atomic E-state index is -4.73. The Balaban J connectivity index is 2.55. The predicted molar refractivity (Wildman–Crippen MR) is 66.1 cm³/mol. The second kappa shape index (κ2) is 4.58. The molecule has 21 heavy (non-hydrogen) atoms. The molecule has 1 aromatic carbocycles. The van der Waals surface area contributed by atoms with Crippen molar-refractivity contribution in [2.75, 3.05) is 0 Å². The van der Waals surface area contributed by atoms with Crippen LogP contribution < -0.4 is 5.32 Å². The van der Waals surface area contributed by atoms with E-state index in [2.05, 4.69) is 5.32 Å². The van der Waals surface area contributed by atoms with Gasteiger partial charge in [0, 0.05) is 0 Å². The van der Waals surface area contributed by atoms with Gasteiger partial charge in [-0.15, -0.1) is 0 Å². The molecule has 1 unspecified atom stereocenters. The van der Waals surface area contributed by atoms with Gasteiger partial charge in [-0.2, -0.15) is 18.4 Å². The molecule has 1 amide bonds. The summed E-state index contributed by atoms with van der Waals surface area (Å²) in [5, 5.41) is 11.2. The molecule has 0 saturated carbocycles. The number of carbonyl (C=O) groups excluding carboxylic acids is 2. The standard InChI is InChI=1S/C14H11F3N2O2/c1-13(2)11(20)10(12(21)19-13)7-3-4-8(6-18)9(5-7)14(15,16)17/h3-5,10H,1-2H3,(H,19,21). The van der Waals surface area contributed by atoms with Gasteiger partial charge in [0.05, 0.1) is 22.7 Å². The van der Waals surface area contributed by atoms with Crippen LogP contribution >= 0.6 is 0 Å². The summed E-state index contributed by atoms with van der Waals surface area (Å²) in [5.41, 5.74) is -2.87. The van der Waals surface area contributed by atoms with Crippen molar-refractivity contribution in [2.45, 2.75) is 31.5 Å². The summed E-state index contributed by atoms with van der Waals surface area (Å²) in [4.78, 5) is 24.0. The first-order chi connectivity index (χ1) is 9.58. The van der Waals surface area contributed by atoms with Crippen molar-refractivity contribution in [3.63, 3.8) is 0 Å². The van der Waals surface area contributed by atoms with E-state index in [9.17, 15) is 22.8 Å². The van der Waals surface area contributed by atoms with E-state index >= 15 is 0 Å². The summed E-state index contributed by atoms with van der Waals surface area (Å²) < 4.78 is 38.7. The lowest BCUT2D eigenvalue weighted by atomic mass is 9.88. The fourth-order valence-corrected chi connectivity index (χ4v) is 2.30. The molecule has 7 heteroatoms. The van der Waals surface area contributed by atoms with Crippen LogP contribution in [0.15, 0.2) is 18.2 Å². The SMILES string of the molecule is CC1(C)NC(=O)C(c2ccc(C#N)c(C(F)(F)F)c2)C1=O. The first-order valence-electron chi connectivity index (χ1n) is 6.05. The van der Waals surface area contributed by atoms with E-state index in [1.807, 2.05) is 0 Å². The average Bonchev–Trinajstić information content (AvgIpc) is 2.56. The first-order valence-corrected chi connectivity index (χ1v) is 6.05. The molecule has 0 radical (unpaired) electrons. The maximum absolute atomic E-state index is 12.9. The highest BCUT2D eigenvalue weighted by molar-refractivity contribution is 6.16. The molecular weight excluding hydrogens is 285 g/mol.